The van der Waals surface area contributed by atoms with Crippen molar-refractivity contribution in [2.45, 2.75) is 26.7 Å². The Morgan fingerprint density at radius 2 is 1.79 bits per heavy atom. The maximum absolute atomic E-state index is 6.08. The van der Waals surface area contributed by atoms with Gasteiger partial charge in [0.25, 0.3) is 0 Å². The number of nitrogens with zero attached hydrogens (tertiary/aromatic N) is 2. The fourth-order valence-corrected chi connectivity index (χ4v) is 2.80. The summed E-state index contributed by atoms with van der Waals surface area (Å²) in [6, 6.07) is 0. The third kappa shape index (κ3) is 6.21. The van der Waals surface area contributed by atoms with Gasteiger partial charge in [-0.2, -0.15) is 0 Å². The van der Waals surface area contributed by atoms with Crippen molar-refractivity contribution in [3.8, 4) is 0 Å². The molecule has 1 heterocycles. The van der Waals surface area contributed by atoms with Crippen molar-refractivity contribution in [1.82, 2.24) is 9.80 Å². The number of nitrogens with two attached hydrogens (primary N) is 1. The lowest BCUT2D eigenvalue weighted by Gasteiger charge is -2.41. The number of ether oxygens (including phenoxy) is 1. The molecule has 114 valence electrons. The van der Waals surface area contributed by atoms with Crippen LogP contribution in [-0.2, 0) is 4.74 Å². The molecular formula is C15H33N3O. The Morgan fingerprint density at radius 3 is 2.26 bits per heavy atom. The van der Waals surface area contributed by atoms with Crippen LogP contribution in [0.5, 0.6) is 0 Å². The van der Waals surface area contributed by atoms with Crippen molar-refractivity contribution in [2.75, 3.05) is 60.0 Å². The lowest BCUT2D eigenvalue weighted by atomic mass is 9.79. The summed E-state index contributed by atoms with van der Waals surface area (Å²) in [4.78, 5) is 4.86. The molecule has 0 atom stereocenters. The minimum Gasteiger partial charge on any atom is -0.381 e. The molecule has 1 aliphatic heterocycles. The van der Waals surface area contributed by atoms with Crippen LogP contribution in [0.1, 0.15) is 26.7 Å². The highest BCUT2D eigenvalue weighted by Gasteiger charge is 2.33. The maximum Gasteiger partial charge on any atom is 0.0472 e. The van der Waals surface area contributed by atoms with Crippen LogP contribution < -0.4 is 5.73 Å². The van der Waals surface area contributed by atoms with Gasteiger partial charge in [0.1, 0.15) is 0 Å². The first kappa shape index (κ1) is 16.9. The van der Waals surface area contributed by atoms with Gasteiger partial charge in [-0.3, -0.25) is 0 Å². The van der Waals surface area contributed by atoms with E-state index in [1.165, 1.54) is 0 Å². The second kappa shape index (κ2) is 8.20. The predicted molar refractivity (Wildman–Crippen MR) is 81.4 cm³/mol. The van der Waals surface area contributed by atoms with Crippen LogP contribution >= 0.6 is 0 Å². The lowest BCUT2D eigenvalue weighted by Crippen LogP contribution is -2.48. The van der Waals surface area contributed by atoms with Gasteiger partial charge >= 0.3 is 0 Å². The third-order valence-corrected chi connectivity index (χ3v) is 4.03. The molecule has 1 aliphatic rings. The van der Waals surface area contributed by atoms with E-state index in [9.17, 15) is 0 Å². The zero-order valence-electron chi connectivity index (χ0n) is 13.3. The molecular weight excluding hydrogens is 238 g/mol. The van der Waals surface area contributed by atoms with E-state index in [1.807, 2.05) is 0 Å². The summed E-state index contributed by atoms with van der Waals surface area (Å²) in [6.07, 6.45) is 2.22. The van der Waals surface area contributed by atoms with Crippen molar-refractivity contribution in [2.24, 2.45) is 17.1 Å². The van der Waals surface area contributed by atoms with E-state index in [2.05, 4.69) is 37.7 Å². The Kier molecular flexibility index (Phi) is 7.29. The second-order valence-corrected chi connectivity index (χ2v) is 6.75. The zero-order chi connectivity index (χ0) is 14.3. The van der Waals surface area contributed by atoms with E-state index in [1.54, 1.807) is 0 Å². The third-order valence-electron chi connectivity index (χ3n) is 4.03. The standard InChI is InChI=1S/C15H33N3O/c1-14(2)11-18(8-7-17(3)4)13-15(12-16)5-9-19-10-6-15/h14H,5-13,16H2,1-4H3. The molecule has 19 heavy (non-hydrogen) atoms. The number of likely N-dealkylation sites (N-methyl/N-ethyl adjacent to an activating group) is 1. The fraction of sp³-hybridized carbons (Fsp3) is 1.00. The van der Waals surface area contributed by atoms with Crippen LogP contribution in [-0.4, -0.2) is 69.8 Å². The van der Waals surface area contributed by atoms with E-state index in [-0.39, 0.29) is 5.41 Å². The van der Waals surface area contributed by atoms with Crippen molar-refractivity contribution < 1.29 is 4.74 Å². The summed E-state index contributed by atoms with van der Waals surface area (Å²) in [5.41, 5.74) is 6.36. The molecule has 0 aromatic rings. The van der Waals surface area contributed by atoms with Gasteiger partial charge < -0.3 is 20.3 Å². The highest BCUT2D eigenvalue weighted by Crippen LogP contribution is 2.30. The average Bonchev–Trinajstić information content (AvgIpc) is 2.36. The molecule has 1 fully saturated rings. The smallest absolute Gasteiger partial charge is 0.0472 e. The van der Waals surface area contributed by atoms with Crippen molar-refractivity contribution in [1.29, 1.82) is 0 Å². The van der Waals surface area contributed by atoms with Crippen molar-refractivity contribution >= 4 is 0 Å². The molecule has 0 aromatic heterocycles. The van der Waals surface area contributed by atoms with Gasteiger partial charge in [0.2, 0.25) is 0 Å². The second-order valence-electron chi connectivity index (χ2n) is 6.75. The summed E-state index contributed by atoms with van der Waals surface area (Å²) in [5, 5.41) is 0. The van der Waals surface area contributed by atoms with Gasteiger partial charge in [-0.25, -0.2) is 0 Å². The fourth-order valence-electron chi connectivity index (χ4n) is 2.80. The summed E-state index contributed by atoms with van der Waals surface area (Å²) in [5.74, 6) is 0.705. The Hall–Kier alpha value is -0.160. The zero-order valence-corrected chi connectivity index (χ0v) is 13.3. The molecule has 0 bridgehead atoms. The van der Waals surface area contributed by atoms with E-state index in [4.69, 9.17) is 10.5 Å². The monoisotopic (exact) mass is 271 g/mol. The Balaban J connectivity index is 2.57. The molecule has 4 nitrogen and oxygen atoms in total. The Labute approximate surface area is 119 Å². The molecule has 0 aromatic carbocycles. The normalized spacial score (nSPS) is 19.6. The molecule has 2 N–H and O–H groups in total. The SMILES string of the molecule is CC(C)CN(CCN(C)C)CC1(CN)CCOCC1. The summed E-state index contributed by atoms with van der Waals surface area (Å²) in [6.45, 7) is 11.7. The van der Waals surface area contributed by atoms with Gasteiger partial charge in [0.15, 0.2) is 0 Å². The molecule has 4 heteroatoms. The summed E-state index contributed by atoms with van der Waals surface area (Å²) < 4.78 is 5.51. The van der Waals surface area contributed by atoms with Gasteiger partial charge in [-0.1, -0.05) is 13.8 Å². The molecule has 0 saturated carbocycles. The highest BCUT2D eigenvalue weighted by atomic mass is 16.5. The van der Waals surface area contributed by atoms with Gasteiger partial charge in [-0.05, 0) is 44.8 Å². The number of rotatable bonds is 8. The molecule has 1 saturated heterocycles. The summed E-state index contributed by atoms with van der Waals surface area (Å²) >= 11 is 0. The van der Waals surface area contributed by atoms with E-state index in [0.717, 1.165) is 58.8 Å². The molecule has 0 unspecified atom stereocenters. The first-order chi connectivity index (χ1) is 8.97. The predicted octanol–water partition coefficient (Wildman–Crippen LogP) is 1.26. The average molecular weight is 271 g/mol. The highest BCUT2D eigenvalue weighted by molar-refractivity contribution is 4.86. The lowest BCUT2D eigenvalue weighted by molar-refractivity contribution is -0.00258. The van der Waals surface area contributed by atoms with Crippen molar-refractivity contribution in [3.05, 3.63) is 0 Å². The van der Waals surface area contributed by atoms with Crippen LogP contribution in [0.4, 0.5) is 0 Å². The minimum absolute atomic E-state index is 0.277. The quantitative estimate of drug-likeness (QED) is 0.722. The Bertz CT molecular complexity index is 238. The molecule has 1 rings (SSSR count). The van der Waals surface area contributed by atoms with E-state index >= 15 is 0 Å². The van der Waals surface area contributed by atoms with Crippen LogP contribution in [0, 0.1) is 11.3 Å². The van der Waals surface area contributed by atoms with Gasteiger partial charge in [0.05, 0.1) is 0 Å². The minimum atomic E-state index is 0.277. The van der Waals surface area contributed by atoms with Gasteiger partial charge in [0, 0.05) is 39.4 Å². The molecule has 0 spiro atoms. The number of hydrogen-bond donors (Lipinski definition) is 1. The molecule has 0 radical (unpaired) electrons. The van der Waals surface area contributed by atoms with Crippen LogP contribution in [0.25, 0.3) is 0 Å². The maximum atomic E-state index is 6.08. The topological polar surface area (TPSA) is 41.7 Å². The first-order valence-corrected chi connectivity index (χ1v) is 7.62. The summed E-state index contributed by atoms with van der Waals surface area (Å²) in [7, 11) is 4.28. The van der Waals surface area contributed by atoms with E-state index in [0.29, 0.717) is 5.92 Å². The van der Waals surface area contributed by atoms with Crippen LogP contribution in [0.3, 0.4) is 0 Å². The molecule has 0 amide bonds. The molecule has 0 aliphatic carbocycles. The van der Waals surface area contributed by atoms with E-state index < -0.39 is 0 Å². The number of hydrogen-bond acceptors (Lipinski definition) is 4. The largest absolute Gasteiger partial charge is 0.381 e. The van der Waals surface area contributed by atoms with Crippen LogP contribution in [0.2, 0.25) is 0 Å². The van der Waals surface area contributed by atoms with Crippen molar-refractivity contribution in [3.63, 3.8) is 0 Å². The van der Waals surface area contributed by atoms with Gasteiger partial charge in [-0.15, -0.1) is 0 Å². The first-order valence-electron chi connectivity index (χ1n) is 7.62. The van der Waals surface area contributed by atoms with Crippen LogP contribution in [0.15, 0.2) is 0 Å². The Morgan fingerprint density at radius 1 is 1.16 bits per heavy atom.